The van der Waals surface area contributed by atoms with Gasteiger partial charge >= 0.3 is 0 Å². The van der Waals surface area contributed by atoms with E-state index in [9.17, 15) is 4.39 Å². The van der Waals surface area contributed by atoms with E-state index in [2.05, 4.69) is 0 Å². The Morgan fingerprint density at radius 1 is 1.18 bits per heavy atom. The minimum atomic E-state index is -0.267. The first-order valence-corrected chi connectivity index (χ1v) is 4.16. The van der Waals surface area contributed by atoms with Crippen molar-refractivity contribution in [2.24, 2.45) is 0 Å². The standard InChI is InChI=1S/C8H18FNO/c1-10(7-5-9)6-3-2-4-8-11/h11H,2-8H2,1H3. The first-order valence-electron chi connectivity index (χ1n) is 4.16. The van der Waals surface area contributed by atoms with E-state index in [1.807, 2.05) is 11.9 Å². The molecule has 0 rings (SSSR count). The van der Waals surface area contributed by atoms with Gasteiger partial charge in [-0.05, 0) is 32.9 Å². The van der Waals surface area contributed by atoms with Gasteiger partial charge in [0.2, 0.25) is 0 Å². The van der Waals surface area contributed by atoms with Gasteiger partial charge in [-0.15, -0.1) is 0 Å². The first kappa shape index (κ1) is 10.8. The summed E-state index contributed by atoms with van der Waals surface area (Å²) in [7, 11) is 1.92. The summed E-state index contributed by atoms with van der Waals surface area (Å²) in [5.74, 6) is 0. The summed E-state index contributed by atoms with van der Waals surface area (Å²) in [6.07, 6.45) is 2.95. The highest BCUT2D eigenvalue weighted by Gasteiger charge is 1.95. The third kappa shape index (κ3) is 7.75. The Labute approximate surface area is 68.0 Å². The van der Waals surface area contributed by atoms with E-state index in [1.165, 1.54) is 0 Å². The van der Waals surface area contributed by atoms with Crippen LogP contribution < -0.4 is 0 Å². The number of unbranched alkanes of at least 4 members (excludes halogenated alkanes) is 2. The largest absolute Gasteiger partial charge is 0.396 e. The lowest BCUT2D eigenvalue weighted by Crippen LogP contribution is -2.22. The minimum Gasteiger partial charge on any atom is -0.396 e. The Balaban J connectivity index is 2.97. The van der Waals surface area contributed by atoms with Crippen molar-refractivity contribution in [2.75, 3.05) is 33.4 Å². The molecule has 0 aliphatic heterocycles. The number of hydrogen-bond donors (Lipinski definition) is 1. The lowest BCUT2D eigenvalue weighted by molar-refractivity contribution is 0.265. The molecule has 68 valence electrons. The number of nitrogens with zero attached hydrogens (tertiary/aromatic N) is 1. The van der Waals surface area contributed by atoms with Crippen molar-refractivity contribution in [3.63, 3.8) is 0 Å². The van der Waals surface area contributed by atoms with Crippen LogP contribution in [-0.2, 0) is 0 Å². The fourth-order valence-corrected chi connectivity index (χ4v) is 0.926. The third-order valence-electron chi connectivity index (χ3n) is 1.66. The fourth-order valence-electron chi connectivity index (χ4n) is 0.926. The summed E-state index contributed by atoms with van der Waals surface area (Å²) in [6, 6.07) is 0. The van der Waals surface area contributed by atoms with Crippen LogP contribution in [0, 0.1) is 0 Å². The molecule has 0 unspecified atom stereocenters. The molecule has 3 heteroatoms. The van der Waals surface area contributed by atoms with Crippen LogP contribution in [0.1, 0.15) is 19.3 Å². The Bertz CT molecular complexity index is 80.5. The summed E-state index contributed by atoms with van der Waals surface area (Å²) in [5.41, 5.74) is 0. The lowest BCUT2D eigenvalue weighted by atomic mass is 10.2. The third-order valence-corrected chi connectivity index (χ3v) is 1.66. The zero-order valence-electron chi connectivity index (χ0n) is 7.22. The number of alkyl halides is 1. The van der Waals surface area contributed by atoms with Crippen LogP contribution in [-0.4, -0.2) is 43.4 Å². The topological polar surface area (TPSA) is 23.5 Å². The van der Waals surface area contributed by atoms with Crippen molar-refractivity contribution in [2.45, 2.75) is 19.3 Å². The molecule has 0 spiro atoms. The molecule has 0 radical (unpaired) electrons. The molecule has 0 aromatic carbocycles. The summed E-state index contributed by atoms with van der Waals surface area (Å²) < 4.78 is 11.7. The molecule has 0 aromatic heterocycles. The normalized spacial score (nSPS) is 10.9. The summed E-state index contributed by atoms with van der Waals surface area (Å²) in [4.78, 5) is 1.97. The molecule has 0 heterocycles. The molecule has 0 aromatic rings. The fraction of sp³-hybridized carbons (Fsp3) is 1.00. The van der Waals surface area contributed by atoms with Crippen LogP contribution >= 0.6 is 0 Å². The molecule has 0 atom stereocenters. The molecule has 0 amide bonds. The molecule has 0 saturated carbocycles. The number of rotatable bonds is 7. The molecular formula is C8H18FNO. The van der Waals surface area contributed by atoms with Crippen LogP contribution in [0.3, 0.4) is 0 Å². The Hall–Kier alpha value is -0.150. The maximum atomic E-state index is 11.7. The number of aliphatic hydroxyl groups is 1. The van der Waals surface area contributed by atoms with Gasteiger partial charge in [-0.2, -0.15) is 0 Å². The van der Waals surface area contributed by atoms with E-state index in [0.29, 0.717) is 6.54 Å². The molecule has 0 aliphatic rings. The number of halogens is 1. The minimum absolute atomic E-state index is 0.267. The summed E-state index contributed by atoms with van der Waals surface area (Å²) in [5, 5.41) is 8.46. The van der Waals surface area contributed by atoms with Gasteiger partial charge in [0.25, 0.3) is 0 Å². The molecule has 2 nitrogen and oxygen atoms in total. The summed E-state index contributed by atoms with van der Waals surface area (Å²) in [6.45, 7) is 1.46. The van der Waals surface area contributed by atoms with Gasteiger partial charge in [-0.3, -0.25) is 0 Å². The van der Waals surface area contributed by atoms with Crippen LogP contribution in [0.25, 0.3) is 0 Å². The van der Waals surface area contributed by atoms with Crippen molar-refractivity contribution in [1.82, 2.24) is 4.90 Å². The Morgan fingerprint density at radius 3 is 2.45 bits per heavy atom. The van der Waals surface area contributed by atoms with Gasteiger partial charge in [0, 0.05) is 13.2 Å². The smallest absolute Gasteiger partial charge is 0.102 e. The SMILES string of the molecule is CN(CCF)CCCCCO. The van der Waals surface area contributed by atoms with Crippen molar-refractivity contribution < 1.29 is 9.50 Å². The molecular weight excluding hydrogens is 145 g/mol. The van der Waals surface area contributed by atoms with Crippen LogP contribution in [0.2, 0.25) is 0 Å². The van der Waals surface area contributed by atoms with Crippen LogP contribution in [0.5, 0.6) is 0 Å². The van der Waals surface area contributed by atoms with E-state index < -0.39 is 0 Å². The highest BCUT2D eigenvalue weighted by atomic mass is 19.1. The van der Waals surface area contributed by atoms with E-state index in [-0.39, 0.29) is 13.3 Å². The average Bonchev–Trinajstić information content (AvgIpc) is 1.99. The maximum absolute atomic E-state index is 11.7. The first-order chi connectivity index (χ1) is 5.31. The predicted octanol–water partition coefficient (Wildman–Crippen LogP) is 1.05. The maximum Gasteiger partial charge on any atom is 0.102 e. The second-order valence-electron chi connectivity index (χ2n) is 2.78. The van der Waals surface area contributed by atoms with Crippen LogP contribution in [0.15, 0.2) is 0 Å². The highest BCUT2D eigenvalue weighted by molar-refractivity contribution is 4.50. The van der Waals surface area contributed by atoms with Crippen LogP contribution in [0.4, 0.5) is 4.39 Å². The average molecular weight is 163 g/mol. The zero-order chi connectivity index (χ0) is 8.53. The Morgan fingerprint density at radius 2 is 1.91 bits per heavy atom. The quantitative estimate of drug-likeness (QED) is 0.567. The Kier molecular flexibility index (Phi) is 7.84. The number of hydrogen-bond acceptors (Lipinski definition) is 2. The van der Waals surface area contributed by atoms with Gasteiger partial charge in [0.1, 0.15) is 6.67 Å². The monoisotopic (exact) mass is 163 g/mol. The van der Waals surface area contributed by atoms with Crippen molar-refractivity contribution in [1.29, 1.82) is 0 Å². The highest BCUT2D eigenvalue weighted by Crippen LogP contribution is 1.95. The molecule has 0 saturated heterocycles. The van der Waals surface area contributed by atoms with Gasteiger partial charge < -0.3 is 10.0 Å². The lowest BCUT2D eigenvalue weighted by Gasteiger charge is -2.13. The van der Waals surface area contributed by atoms with E-state index in [1.54, 1.807) is 0 Å². The number of aliphatic hydroxyl groups excluding tert-OH is 1. The predicted molar refractivity (Wildman–Crippen MR) is 44.4 cm³/mol. The van der Waals surface area contributed by atoms with E-state index in [4.69, 9.17) is 5.11 Å². The van der Waals surface area contributed by atoms with Gasteiger partial charge in [-0.25, -0.2) is 4.39 Å². The van der Waals surface area contributed by atoms with Crippen molar-refractivity contribution >= 4 is 0 Å². The molecule has 0 aliphatic carbocycles. The van der Waals surface area contributed by atoms with E-state index >= 15 is 0 Å². The van der Waals surface area contributed by atoms with Crippen molar-refractivity contribution in [3.05, 3.63) is 0 Å². The van der Waals surface area contributed by atoms with Gasteiger partial charge in [0.15, 0.2) is 0 Å². The molecule has 0 bridgehead atoms. The van der Waals surface area contributed by atoms with Gasteiger partial charge in [0.05, 0.1) is 0 Å². The summed E-state index contributed by atoms with van der Waals surface area (Å²) >= 11 is 0. The van der Waals surface area contributed by atoms with Crippen molar-refractivity contribution in [3.8, 4) is 0 Å². The second-order valence-corrected chi connectivity index (χ2v) is 2.78. The van der Waals surface area contributed by atoms with Gasteiger partial charge in [-0.1, -0.05) is 0 Å². The second kappa shape index (κ2) is 7.95. The molecule has 0 fully saturated rings. The molecule has 1 N–H and O–H groups in total. The van der Waals surface area contributed by atoms with E-state index in [0.717, 1.165) is 25.8 Å². The molecule has 11 heavy (non-hydrogen) atoms. The zero-order valence-corrected chi connectivity index (χ0v) is 7.22.